The maximum Gasteiger partial charge on any atom is 0.248 e. The third-order valence-electron chi connectivity index (χ3n) is 3.26. The average molecular weight is 301 g/mol. The Balaban J connectivity index is 3.03. The van der Waals surface area contributed by atoms with Gasteiger partial charge in [0, 0.05) is 22.6 Å². The fraction of sp³-hybridized carbons (Fsp3) is 0.800. The van der Waals surface area contributed by atoms with E-state index in [1.165, 1.54) is 0 Å². The molecule has 19 heavy (non-hydrogen) atoms. The first-order valence-corrected chi connectivity index (χ1v) is 10.3. The van der Waals surface area contributed by atoms with Crippen LogP contribution in [0.2, 0.25) is 0 Å². The molecule has 0 saturated carbocycles. The Bertz CT molecular complexity index is 333. The first kappa shape index (κ1) is 17.1. The van der Waals surface area contributed by atoms with Gasteiger partial charge < -0.3 is 0 Å². The molecule has 0 aliphatic carbocycles. The Hall–Kier alpha value is 0.0700. The zero-order valence-corrected chi connectivity index (χ0v) is 15.6. The molecule has 0 atom stereocenters. The van der Waals surface area contributed by atoms with Gasteiger partial charge in [-0.25, -0.2) is 8.68 Å². The van der Waals surface area contributed by atoms with E-state index in [2.05, 4.69) is 82.8 Å². The Morgan fingerprint density at radius 2 is 1.26 bits per heavy atom. The van der Waals surface area contributed by atoms with Gasteiger partial charge in [-0.2, -0.15) is 0 Å². The van der Waals surface area contributed by atoms with E-state index in [9.17, 15) is 0 Å². The molecule has 0 bridgehead atoms. The van der Waals surface area contributed by atoms with Gasteiger partial charge in [0.25, 0.3) is 0 Å². The van der Waals surface area contributed by atoms with Crippen molar-refractivity contribution in [2.45, 2.75) is 78.0 Å². The van der Waals surface area contributed by atoms with Gasteiger partial charge in [0.2, 0.25) is 6.33 Å². The Morgan fingerprint density at radius 3 is 1.63 bits per heavy atom. The van der Waals surface area contributed by atoms with E-state index in [1.54, 1.807) is 0 Å². The molecule has 1 heterocycles. The van der Waals surface area contributed by atoms with Gasteiger partial charge in [-0.15, -0.1) is 0 Å². The molecule has 0 N–H and O–H groups in total. The first-order chi connectivity index (χ1) is 8.75. The number of aromatic nitrogens is 2. The second-order valence-corrected chi connectivity index (χ2v) is 12.9. The number of rotatable bonds is 6. The summed E-state index contributed by atoms with van der Waals surface area (Å²) in [4.78, 5) is 0. The molecule has 0 unspecified atom stereocenters. The summed E-state index contributed by atoms with van der Waals surface area (Å²) < 4.78 is 4.98. The highest BCUT2D eigenvalue weighted by atomic mass is 31.1. The molecule has 110 valence electrons. The van der Waals surface area contributed by atoms with Crippen molar-refractivity contribution in [1.82, 2.24) is 4.34 Å². The van der Waals surface area contributed by atoms with Crippen LogP contribution in [0.5, 0.6) is 0 Å². The molecule has 0 aliphatic rings. The van der Waals surface area contributed by atoms with Crippen LogP contribution in [-0.4, -0.2) is 27.0 Å². The zero-order chi connectivity index (χ0) is 14.7. The average Bonchev–Trinajstić information content (AvgIpc) is 2.64. The van der Waals surface area contributed by atoms with E-state index < -0.39 is 0 Å². The van der Waals surface area contributed by atoms with Crippen molar-refractivity contribution in [3.63, 3.8) is 0 Å². The third kappa shape index (κ3) is 4.27. The lowest BCUT2D eigenvalue weighted by Gasteiger charge is -2.22. The smallest absolute Gasteiger partial charge is 0.218 e. The van der Waals surface area contributed by atoms with Crippen molar-refractivity contribution >= 4 is 16.1 Å². The molecule has 2 nitrogen and oxygen atoms in total. The molecule has 1 aromatic rings. The van der Waals surface area contributed by atoms with Crippen molar-refractivity contribution in [1.29, 1.82) is 0 Å². The third-order valence-corrected chi connectivity index (χ3v) is 9.03. The van der Waals surface area contributed by atoms with Crippen LogP contribution < -0.4 is 4.34 Å². The lowest BCUT2D eigenvalue weighted by Crippen LogP contribution is -2.32. The molecule has 0 aromatic carbocycles. The minimum Gasteiger partial charge on any atom is -0.218 e. The van der Waals surface area contributed by atoms with Gasteiger partial charge in [-0.05, 0) is 0 Å². The minimum atomic E-state index is -0.110. The first-order valence-electron chi connectivity index (χ1n) is 7.42. The number of hydrogen-bond acceptors (Lipinski definition) is 0. The maximum absolute atomic E-state index is 2.49. The molecule has 0 aliphatic heterocycles. The second kappa shape index (κ2) is 7.19. The topological polar surface area (TPSA) is 8.81 Å². The van der Waals surface area contributed by atoms with Crippen molar-refractivity contribution in [2.75, 3.05) is 0 Å². The Morgan fingerprint density at radius 1 is 0.789 bits per heavy atom. The molecular weight excluding hydrogens is 270 g/mol. The van der Waals surface area contributed by atoms with Crippen LogP contribution in [0.1, 0.15) is 55.4 Å². The summed E-state index contributed by atoms with van der Waals surface area (Å²) in [5, 5.41) is 0. The minimum absolute atomic E-state index is 0.110. The van der Waals surface area contributed by atoms with E-state index in [-0.39, 0.29) is 16.1 Å². The molecule has 0 fully saturated rings. The van der Waals surface area contributed by atoms with Crippen molar-refractivity contribution in [3.05, 3.63) is 18.7 Å². The van der Waals surface area contributed by atoms with Gasteiger partial charge in [0.05, 0.1) is 16.1 Å². The summed E-state index contributed by atoms with van der Waals surface area (Å²) in [5.41, 5.74) is 2.95. The van der Waals surface area contributed by atoms with Gasteiger partial charge in [-0.3, -0.25) is 0 Å². The van der Waals surface area contributed by atoms with Crippen LogP contribution in [0.4, 0.5) is 0 Å². The van der Waals surface area contributed by atoms with Gasteiger partial charge in [0.15, 0.2) is 0 Å². The normalized spacial score (nSPS) is 12.9. The lowest BCUT2D eigenvalue weighted by molar-refractivity contribution is -0.511. The molecule has 0 amide bonds. The Kier molecular flexibility index (Phi) is 6.48. The van der Waals surface area contributed by atoms with Crippen LogP contribution in [0.3, 0.4) is 0 Å². The fourth-order valence-corrected chi connectivity index (χ4v) is 8.36. The van der Waals surface area contributed by atoms with E-state index in [4.69, 9.17) is 0 Å². The van der Waals surface area contributed by atoms with E-state index in [0.717, 1.165) is 22.6 Å². The van der Waals surface area contributed by atoms with Crippen molar-refractivity contribution in [2.24, 2.45) is 0 Å². The molecular formula is C15H31N2P2+. The largest absolute Gasteiger partial charge is 0.248 e. The molecule has 1 rings (SSSR count). The predicted octanol–water partition coefficient (Wildman–Crippen LogP) is 4.90. The van der Waals surface area contributed by atoms with Gasteiger partial charge >= 0.3 is 0 Å². The highest BCUT2D eigenvalue weighted by Crippen LogP contribution is 2.48. The summed E-state index contributed by atoms with van der Waals surface area (Å²) >= 11 is 0. The van der Waals surface area contributed by atoms with Crippen LogP contribution >= 0.6 is 16.1 Å². The SMILES string of the molecule is CC(C)P(C(C)C)n1cc[n+](P(C(C)C)C(C)C)c1. The van der Waals surface area contributed by atoms with Crippen LogP contribution in [0, 0.1) is 0 Å². The summed E-state index contributed by atoms with van der Waals surface area (Å²) in [6.45, 7) is 18.8. The monoisotopic (exact) mass is 301 g/mol. The van der Waals surface area contributed by atoms with Gasteiger partial charge in [-0.1, -0.05) is 55.4 Å². The second-order valence-electron chi connectivity index (χ2n) is 6.31. The van der Waals surface area contributed by atoms with Crippen LogP contribution in [-0.2, 0) is 0 Å². The summed E-state index contributed by atoms with van der Waals surface area (Å²) in [5.74, 6) is 0. The summed E-state index contributed by atoms with van der Waals surface area (Å²) in [6, 6.07) is 0. The summed E-state index contributed by atoms with van der Waals surface area (Å²) in [7, 11) is -0.220. The fourth-order valence-electron chi connectivity index (χ4n) is 2.87. The quantitative estimate of drug-likeness (QED) is 0.661. The molecule has 1 aromatic heterocycles. The van der Waals surface area contributed by atoms with E-state index >= 15 is 0 Å². The molecule has 0 radical (unpaired) electrons. The van der Waals surface area contributed by atoms with E-state index in [1.807, 2.05) is 0 Å². The van der Waals surface area contributed by atoms with E-state index in [0.29, 0.717) is 0 Å². The highest BCUT2D eigenvalue weighted by Gasteiger charge is 2.29. The lowest BCUT2D eigenvalue weighted by atomic mass is 10.5. The maximum atomic E-state index is 2.49. The summed E-state index contributed by atoms with van der Waals surface area (Å²) in [6.07, 6.45) is 6.97. The number of imidazole rings is 1. The van der Waals surface area contributed by atoms with Crippen molar-refractivity contribution < 1.29 is 4.34 Å². The van der Waals surface area contributed by atoms with Gasteiger partial charge in [0.1, 0.15) is 12.4 Å². The molecule has 4 heteroatoms. The predicted molar refractivity (Wildman–Crippen MR) is 89.8 cm³/mol. The number of nitrogens with zero attached hydrogens (tertiary/aromatic N) is 2. The van der Waals surface area contributed by atoms with Crippen LogP contribution in [0.25, 0.3) is 0 Å². The Labute approximate surface area is 122 Å². The number of hydrogen-bond donors (Lipinski definition) is 0. The standard InChI is InChI=1S/C15H31N2P2/c1-12(2)18(13(3)4)16-9-10-17(11-16)19(14(5)6)15(7)8/h9-15H,1-8H3/q+1. The highest BCUT2D eigenvalue weighted by molar-refractivity contribution is 7.57. The molecule has 0 spiro atoms. The zero-order valence-electron chi connectivity index (χ0n) is 13.8. The molecule has 0 saturated heterocycles. The van der Waals surface area contributed by atoms with Crippen LogP contribution in [0.15, 0.2) is 18.7 Å². The van der Waals surface area contributed by atoms with Crippen molar-refractivity contribution in [3.8, 4) is 0 Å².